The van der Waals surface area contributed by atoms with Gasteiger partial charge in [0.25, 0.3) is 0 Å². The summed E-state index contributed by atoms with van der Waals surface area (Å²) in [5, 5.41) is 0. The van der Waals surface area contributed by atoms with Crippen molar-refractivity contribution in [3.63, 3.8) is 0 Å². The summed E-state index contributed by atoms with van der Waals surface area (Å²) < 4.78 is 4.84. The van der Waals surface area contributed by atoms with Gasteiger partial charge in [-0.3, -0.25) is 4.79 Å². The molecule has 1 aliphatic carbocycles. The lowest BCUT2D eigenvalue weighted by molar-refractivity contribution is -0.143. The summed E-state index contributed by atoms with van der Waals surface area (Å²) >= 11 is 1.71. The standard InChI is InChI=1S/C12H14O2S/c1-14-11(13)12(7-8-12)9-3-5-10(15-2)6-4-9/h3-6H,7-8H2,1-2H3. The van der Waals surface area contributed by atoms with E-state index >= 15 is 0 Å². The summed E-state index contributed by atoms with van der Waals surface area (Å²) in [4.78, 5) is 12.8. The molecule has 80 valence electrons. The van der Waals surface area contributed by atoms with Crippen LogP contribution < -0.4 is 0 Å². The van der Waals surface area contributed by atoms with Crippen LogP contribution in [0.2, 0.25) is 0 Å². The third-order valence-corrected chi connectivity index (χ3v) is 3.71. The Morgan fingerprint density at radius 1 is 1.33 bits per heavy atom. The van der Waals surface area contributed by atoms with Gasteiger partial charge in [0.05, 0.1) is 12.5 Å². The van der Waals surface area contributed by atoms with E-state index in [-0.39, 0.29) is 11.4 Å². The Kier molecular flexibility index (Phi) is 2.74. The molecule has 0 heterocycles. The first-order valence-electron chi connectivity index (χ1n) is 4.96. The second kappa shape index (κ2) is 3.89. The highest BCUT2D eigenvalue weighted by Gasteiger charge is 2.52. The molecule has 0 atom stereocenters. The normalized spacial score (nSPS) is 17.2. The predicted octanol–water partition coefficient (Wildman–Crippen LogP) is 2.61. The number of rotatable bonds is 3. The van der Waals surface area contributed by atoms with Gasteiger partial charge in [-0.05, 0) is 36.8 Å². The molecule has 1 aliphatic rings. The molecule has 1 aromatic carbocycles. The fourth-order valence-electron chi connectivity index (χ4n) is 1.84. The Labute approximate surface area is 94.0 Å². The Hall–Kier alpha value is -0.960. The van der Waals surface area contributed by atoms with Gasteiger partial charge in [-0.25, -0.2) is 0 Å². The summed E-state index contributed by atoms with van der Waals surface area (Å²) in [6, 6.07) is 8.19. The maximum absolute atomic E-state index is 11.6. The Balaban J connectivity index is 2.26. The zero-order valence-electron chi connectivity index (χ0n) is 8.95. The molecule has 1 fully saturated rings. The third-order valence-electron chi connectivity index (χ3n) is 2.97. The van der Waals surface area contributed by atoms with E-state index in [0.29, 0.717) is 0 Å². The molecule has 0 amide bonds. The average molecular weight is 222 g/mol. The van der Waals surface area contributed by atoms with E-state index < -0.39 is 0 Å². The highest BCUT2D eigenvalue weighted by Crippen LogP contribution is 2.49. The van der Waals surface area contributed by atoms with E-state index in [0.717, 1.165) is 18.4 Å². The lowest BCUT2D eigenvalue weighted by Gasteiger charge is -2.12. The van der Waals surface area contributed by atoms with Crippen LogP contribution in [-0.2, 0) is 14.9 Å². The van der Waals surface area contributed by atoms with Crippen LogP contribution >= 0.6 is 11.8 Å². The van der Waals surface area contributed by atoms with Crippen LogP contribution in [0.1, 0.15) is 18.4 Å². The van der Waals surface area contributed by atoms with Crippen molar-refractivity contribution in [1.82, 2.24) is 0 Å². The van der Waals surface area contributed by atoms with Crippen molar-refractivity contribution in [3.05, 3.63) is 29.8 Å². The highest BCUT2D eigenvalue weighted by atomic mass is 32.2. The fourth-order valence-corrected chi connectivity index (χ4v) is 2.25. The van der Waals surface area contributed by atoms with Crippen molar-refractivity contribution >= 4 is 17.7 Å². The van der Waals surface area contributed by atoms with Gasteiger partial charge in [-0.1, -0.05) is 12.1 Å². The first-order chi connectivity index (χ1) is 7.23. The number of thioether (sulfide) groups is 1. The molecule has 0 aliphatic heterocycles. The Bertz CT molecular complexity index is 366. The third kappa shape index (κ3) is 1.76. The first-order valence-corrected chi connectivity index (χ1v) is 6.18. The molecule has 3 heteroatoms. The molecule has 1 aromatic rings. The summed E-state index contributed by atoms with van der Waals surface area (Å²) in [6.45, 7) is 0. The molecule has 1 saturated carbocycles. The molecule has 0 unspecified atom stereocenters. The van der Waals surface area contributed by atoms with Gasteiger partial charge >= 0.3 is 5.97 Å². The molecular formula is C12H14O2S. The minimum Gasteiger partial charge on any atom is -0.468 e. The zero-order chi connectivity index (χ0) is 10.9. The lowest BCUT2D eigenvalue weighted by atomic mass is 9.96. The molecule has 0 saturated heterocycles. The van der Waals surface area contributed by atoms with Crippen LogP contribution in [0.4, 0.5) is 0 Å². The highest BCUT2D eigenvalue weighted by molar-refractivity contribution is 7.98. The van der Waals surface area contributed by atoms with Crippen LogP contribution in [0.5, 0.6) is 0 Å². The molecule has 0 N–H and O–H groups in total. The number of methoxy groups -OCH3 is 1. The number of ether oxygens (including phenoxy) is 1. The van der Waals surface area contributed by atoms with E-state index in [2.05, 4.69) is 12.1 Å². The molecule has 2 nitrogen and oxygen atoms in total. The smallest absolute Gasteiger partial charge is 0.316 e. The van der Waals surface area contributed by atoms with Gasteiger partial charge in [0.1, 0.15) is 0 Å². The van der Waals surface area contributed by atoms with Crippen molar-refractivity contribution in [2.45, 2.75) is 23.2 Å². The minimum absolute atomic E-state index is 0.0978. The van der Waals surface area contributed by atoms with Crippen molar-refractivity contribution in [1.29, 1.82) is 0 Å². The largest absolute Gasteiger partial charge is 0.468 e. The second-order valence-corrected chi connectivity index (χ2v) is 4.68. The molecular weight excluding hydrogens is 208 g/mol. The summed E-state index contributed by atoms with van der Waals surface area (Å²) in [5.41, 5.74) is 0.762. The summed E-state index contributed by atoms with van der Waals surface area (Å²) in [7, 11) is 1.46. The quantitative estimate of drug-likeness (QED) is 0.581. The van der Waals surface area contributed by atoms with Gasteiger partial charge in [-0.15, -0.1) is 11.8 Å². The van der Waals surface area contributed by atoms with Crippen molar-refractivity contribution in [3.8, 4) is 0 Å². The summed E-state index contributed by atoms with van der Waals surface area (Å²) in [6.07, 6.45) is 3.87. The number of hydrogen-bond donors (Lipinski definition) is 0. The lowest BCUT2D eigenvalue weighted by Crippen LogP contribution is -2.21. The SMILES string of the molecule is COC(=O)C1(c2ccc(SC)cc2)CC1. The minimum atomic E-state index is -0.328. The van der Waals surface area contributed by atoms with Crippen molar-refractivity contribution < 1.29 is 9.53 Å². The van der Waals surface area contributed by atoms with Crippen LogP contribution in [0.25, 0.3) is 0 Å². The van der Waals surface area contributed by atoms with Crippen molar-refractivity contribution in [2.24, 2.45) is 0 Å². The van der Waals surface area contributed by atoms with E-state index in [4.69, 9.17) is 4.74 Å². The van der Waals surface area contributed by atoms with Crippen molar-refractivity contribution in [2.75, 3.05) is 13.4 Å². The number of hydrogen-bond acceptors (Lipinski definition) is 3. The van der Waals surface area contributed by atoms with Crippen LogP contribution in [0.15, 0.2) is 29.2 Å². The van der Waals surface area contributed by atoms with Crippen LogP contribution in [0, 0.1) is 0 Å². The number of carbonyl (C=O) groups excluding carboxylic acids is 1. The molecule has 0 radical (unpaired) electrons. The molecule has 2 rings (SSSR count). The number of carbonyl (C=O) groups is 1. The fraction of sp³-hybridized carbons (Fsp3) is 0.417. The second-order valence-electron chi connectivity index (χ2n) is 3.80. The van der Waals surface area contributed by atoms with Gasteiger partial charge < -0.3 is 4.74 Å². The van der Waals surface area contributed by atoms with Gasteiger partial charge in [0.2, 0.25) is 0 Å². The molecule has 0 spiro atoms. The van der Waals surface area contributed by atoms with Gasteiger partial charge in [0, 0.05) is 4.90 Å². The maximum Gasteiger partial charge on any atom is 0.316 e. The Morgan fingerprint density at radius 2 is 1.93 bits per heavy atom. The zero-order valence-corrected chi connectivity index (χ0v) is 9.76. The molecule has 0 bridgehead atoms. The summed E-state index contributed by atoms with van der Waals surface area (Å²) in [5.74, 6) is -0.0978. The van der Waals surface area contributed by atoms with E-state index in [9.17, 15) is 4.79 Å². The van der Waals surface area contributed by atoms with E-state index in [1.54, 1.807) is 11.8 Å². The topological polar surface area (TPSA) is 26.3 Å². The average Bonchev–Trinajstić information content (AvgIpc) is 3.09. The molecule has 0 aromatic heterocycles. The van der Waals surface area contributed by atoms with Gasteiger partial charge in [-0.2, -0.15) is 0 Å². The number of benzene rings is 1. The maximum atomic E-state index is 11.6. The van der Waals surface area contributed by atoms with E-state index in [1.807, 2.05) is 18.4 Å². The molecule has 15 heavy (non-hydrogen) atoms. The first kappa shape index (κ1) is 10.6. The Morgan fingerprint density at radius 3 is 2.33 bits per heavy atom. The monoisotopic (exact) mass is 222 g/mol. The predicted molar refractivity (Wildman–Crippen MR) is 61.2 cm³/mol. The van der Waals surface area contributed by atoms with Gasteiger partial charge in [0.15, 0.2) is 0 Å². The number of esters is 1. The van der Waals surface area contributed by atoms with E-state index in [1.165, 1.54) is 12.0 Å². The van der Waals surface area contributed by atoms with Crippen LogP contribution in [-0.4, -0.2) is 19.3 Å². The van der Waals surface area contributed by atoms with Crippen LogP contribution in [0.3, 0.4) is 0 Å².